The molecule has 0 bridgehead atoms. The van der Waals surface area contributed by atoms with Gasteiger partial charge in [0.15, 0.2) is 0 Å². The Morgan fingerprint density at radius 2 is 2.38 bits per heavy atom. The Balaban J connectivity index is 2.21. The third kappa shape index (κ3) is 4.26. The van der Waals surface area contributed by atoms with Gasteiger partial charge in [0.05, 0.1) is 6.54 Å². The quantitative estimate of drug-likeness (QED) is 0.543. The van der Waals surface area contributed by atoms with Crippen molar-refractivity contribution in [3.05, 3.63) is 12.2 Å². The summed E-state index contributed by atoms with van der Waals surface area (Å²) in [6, 6.07) is -0.504. The Morgan fingerprint density at radius 3 is 3.06 bits per heavy atom. The van der Waals surface area contributed by atoms with E-state index in [-0.39, 0.29) is 0 Å². The molecule has 0 saturated carbocycles. The van der Waals surface area contributed by atoms with Gasteiger partial charge in [0, 0.05) is 19.6 Å². The van der Waals surface area contributed by atoms with Crippen LogP contribution in [-0.4, -0.2) is 33.9 Å². The molecule has 7 nitrogen and oxygen atoms in total. The number of amides is 2. The van der Waals surface area contributed by atoms with Crippen LogP contribution in [0.4, 0.5) is 4.79 Å². The maximum Gasteiger partial charge on any atom is 0.312 e. The number of aromatic nitrogens is 3. The van der Waals surface area contributed by atoms with Crippen LogP contribution in [0.5, 0.6) is 0 Å². The summed E-state index contributed by atoms with van der Waals surface area (Å²) in [5.41, 5.74) is 4.93. The summed E-state index contributed by atoms with van der Waals surface area (Å²) in [4.78, 5) is 14.5. The topological polar surface area (TPSA) is 97.9 Å². The van der Waals surface area contributed by atoms with Crippen molar-refractivity contribution in [2.24, 2.45) is 5.73 Å². The fourth-order valence-corrected chi connectivity index (χ4v) is 1.30. The number of hydrogen-bond acceptors (Lipinski definition) is 4. The van der Waals surface area contributed by atoms with E-state index >= 15 is 0 Å². The van der Waals surface area contributed by atoms with E-state index in [0.717, 1.165) is 18.8 Å². The van der Waals surface area contributed by atoms with Gasteiger partial charge in [0.2, 0.25) is 0 Å². The number of nitrogens with one attached hydrogen (secondary N) is 2. The summed E-state index contributed by atoms with van der Waals surface area (Å²) >= 11 is 0. The summed E-state index contributed by atoms with van der Waals surface area (Å²) in [6.07, 6.45) is 2.58. The number of nitrogens with two attached hydrogens (primary N) is 1. The Labute approximate surface area is 94.4 Å². The van der Waals surface area contributed by atoms with Gasteiger partial charge in [-0.05, 0) is 6.42 Å². The van der Waals surface area contributed by atoms with Crippen molar-refractivity contribution >= 4 is 6.03 Å². The molecule has 0 radical (unpaired) electrons. The molecule has 1 aromatic heterocycles. The van der Waals surface area contributed by atoms with Gasteiger partial charge in [-0.1, -0.05) is 6.92 Å². The lowest BCUT2D eigenvalue weighted by Crippen LogP contribution is -2.35. The Kier molecular flexibility index (Phi) is 5.27. The molecule has 16 heavy (non-hydrogen) atoms. The molecule has 0 aromatic carbocycles. The monoisotopic (exact) mass is 226 g/mol. The minimum Gasteiger partial charge on any atom is -0.352 e. The molecule has 0 aliphatic carbocycles. The first kappa shape index (κ1) is 12.4. The van der Waals surface area contributed by atoms with Gasteiger partial charge in [-0.15, -0.1) is 0 Å². The molecule has 0 unspecified atom stereocenters. The highest BCUT2D eigenvalue weighted by Gasteiger charge is 2.02. The second kappa shape index (κ2) is 6.78. The van der Waals surface area contributed by atoms with Crippen molar-refractivity contribution in [2.75, 3.05) is 13.1 Å². The van der Waals surface area contributed by atoms with E-state index in [4.69, 9.17) is 5.73 Å². The van der Waals surface area contributed by atoms with Gasteiger partial charge in [-0.2, -0.15) is 5.10 Å². The van der Waals surface area contributed by atoms with Crippen molar-refractivity contribution in [3.63, 3.8) is 0 Å². The number of aryl methyl sites for hydroxylation is 1. The molecule has 1 aromatic rings. The fraction of sp³-hybridized carbons (Fsp3) is 0.667. The maximum atomic E-state index is 10.4. The van der Waals surface area contributed by atoms with E-state index in [9.17, 15) is 4.79 Å². The summed E-state index contributed by atoms with van der Waals surface area (Å²) < 4.78 is 1.87. The lowest BCUT2D eigenvalue weighted by molar-refractivity contribution is 0.249. The van der Waals surface area contributed by atoms with Crippen molar-refractivity contribution in [3.8, 4) is 0 Å². The van der Waals surface area contributed by atoms with E-state index in [1.165, 1.54) is 0 Å². The number of primary amides is 1. The van der Waals surface area contributed by atoms with Crippen molar-refractivity contribution in [2.45, 2.75) is 26.4 Å². The molecule has 7 heteroatoms. The second-order valence-corrected chi connectivity index (χ2v) is 3.37. The fourth-order valence-electron chi connectivity index (χ4n) is 1.30. The van der Waals surface area contributed by atoms with Gasteiger partial charge in [-0.25, -0.2) is 14.5 Å². The van der Waals surface area contributed by atoms with Crippen LogP contribution in [0.1, 0.15) is 19.2 Å². The van der Waals surface area contributed by atoms with E-state index in [1.807, 2.05) is 4.68 Å². The molecule has 0 atom stereocenters. The average Bonchev–Trinajstić information content (AvgIpc) is 2.65. The van der Waals surface area contributed by atoms with Crippen LogP contribution >= 0.6 is 0 Å². The zero-order valence-electron chi connectivity index (χ0n) is 9.44. The number of carbonyl (C=O) groups excluding carboxylic acids is 1. The predicted octanol–water partition coefficient (Wildman–Crippen LogP) is -0.554. The van der Waals surface area contributed by atoms with Crippen molar-refractivity contribution in [1.82, 2.24) is 25.4 Å². The molecular formula is C9H18N6O. The lowest BCUT2D eigenvalue weighted by atomic mass is 10.4. The smallest absolute Gasteiger partial charge is 0.312 e. The third-order valence-corrected chi connectivity index (χ3v) is 2.02. The third-order valence-electron chi connectivity index (χ3n) is 2.02. The Hall–Kier alpha value is -1.63. The van der Waals surface area contributed by atoms with Crippen molar-refractivity contribution in [1.29, 1.82) is 0 Å². The molecule has 0 aliphatic rings. The summed E-state index contributed by atoms with van der Waals surface area (Å²) in [5.74, 6) is 0.904. The Bertz CT molecular complexity index is 324. The number of nitrogens with zero attached hydrogens (tertiary/aromatic N) is 3. The average molecular weight is 226 g/mol. The number of hydrogen-bond donors (Lipinski definition) is 3. The highest BCUT2D eigenvalue weighted by Crippen LogP contribution is 1.94. The molecule has 0 spiro atoms. The standard InChI is InChI=1S/C9H18N6O/c1-2-5-15-8(13-7-14-15)6-11-3-4-12-9(10)16/h7,11H,2-6H2,1H3,(H3,10,12,16). The van der Waals surface area contributed by atoms with Crippen LogP contribution in [0.25, 0.3) is 0 Å². The second-order valence-electron chi connectivity index (χ2n) is 3.37. The summed E-state index contributed by atoms with van der Waals surface area (Å²) in [5, 5.41) is 9.76. The maximum absolute atomic E-state index is 10.4. The highest BCUT2D eigenvalue weighted by atomic mass is 16.2. The van der Waals surface area contributed by atoms with Crippen LogP contribution in [0.15, 0.2) is 6.33 Å². The van der Waals surface area contributed by atoms with Gasteiger partial charge < -0.3 is 16.4 Å². The van der Waals surface area contributed by atoms with Crippen molar-refractivity contribution < 1.29 is 4.79 Å². The van der Waals surface area contributed by atoms with Crippen LogP contribution in [0.2, 0.25) is 0 Å². The number of rotatable bonds is 7. The highest BCUT2D eigenvalue weighted by molar-refractivity contribution is 5.71. The molecule has 0 saturated heterocycles. The summed E-state index contributed by atoms with van der Waals surface area (Å²) in [6.45, 7) is 4.77. The zero-order valence-corrected chi connectivity index (χ0v) is 9.44. The predicted molar refractivity (Wildman–Crippen MR) is 59.6 cm³/mol. The van der Waals surface area contributed by atoms with Gasteiger partial charge >= 0.3 is 6.03 Å². The molecule has 90 valence electrons. The van der Waals surface area contributed by atoms with Crippen LogP contribution in [-0.2, 0) is 13.1 Å². The van der Waals surface area contributed by atoms with Gasteiger partial charge in [0.1, 0.15) is 12.2 Å². The molecule has 2 amide bonds. The minimum absolute atomic E-state index is 0.504. The van der Waals surface area contributed by atoms with Crippen LogP contribution < -0.4 is 16.4 Å². The van der Waals surface area contributed by atoms with E-state index < -0.39 is 6.03 Å². The van der Waals surface area contributed by atoms with E-state index in [2.05, 4.69) is 27.6 Å². The molecule has 4 N–H and O–H groups in total. The van der Waals surface area contributed by atoms with Crippen LogP contribution in [0.3, 0.4) is 0 Å². The van der Waals surface area contributed by atoms with Crippen LogP contribution in [0, 0.1) is 0 Å². The molecule has 1 heterocycles. The molecule has 0 aliphatic heterocycles. The molecular weight excluding hydrogens is 208 g/mol. The number of urea groups is 1. The van der Waals surface area contributed by atoms with E-state index in [0.29, 0.717) is 19.6 Å². The number of carbonyl (C=O) groups is 1. The normalized spacial score (nSPS) is 10.3. The lowest BCUT2D eigenvalue weighted by Gasteiger charge is -2.06. The Morgan fingerprint density at radius 1 is 1.56 bits per heavy atom. The first-order valence-electron chi connectivity index (χ1n) is 5.34. The first-order chi connectivity index (χ1) is 7.74. The SMILES string of the molecule is CCCn1ncnc1CNCCNC(N)=O. The van der Waals surface area contributed by atoms with Gasteiger partial charge in [0.25, 0.3) is 0 Å². The summed E-state index contributed by atoms with van der Waals surface area (Å²) in [7, 11) is 0. The minimum atomic E-state index is -0.504. The van der Waals surface area contributed by atoms with E-state index in [1.54, 1.807) is 6.33 Å². The first-order valence-corrected chi connectivity index (χ1v) is 5.34. The zero-order chi connectivity index (χ0) is 11.8. The van der Waals surface area contributed by atoms with Gasteiger partial charge in [-0.3, -0.25) is 0 Å². The largest absolute Gasteiger partial charge is 0.352 e. The molecule has 1 rings (SSSR count). The molecule has 0 fully saturated rings.